The van der Waals surface area contributed by atoms with Gasteiger partial charge >= 0.3 is 0 Å². The Bertz CT molecular complexity index is 1060. The van der Waals surface area contributed by atoms with E-state index in [1.165, 1.54) is 24.6 Å². The van der Waals surface area contributed by atoms with Crippen molar-refractivity contribution in [2.45, 2.75) is 83.6 Å². The average Bonchev–Trinajstić information content (AvgIpc) is 3.47. The van der Waals surface area contributed by atoms with E-state index in [1.807, 2.05) is 0 Å². The molecule has 7 heteroatoms. The van der Waals surface area contributed by atoms with Gasteiger partial charge in [0.25, 0.3) is 0 Å². The Labute approximate surface area is 206 Å². The van der Waals surface area contributed by atoms with Crippen molar-refractivity contribution in [3.05, 3.63) is 64.7 Å². The molecule has 0 bridgehead atoms. The van der Waals surface area contributed by atoms with Crippen molar-refractivity contribution < 1.29 is 23.4 Å². The van der Waals surface area contributed by atoms with Crippen LogP contribution in [0.3, 0.4) is 0 Å². The maximum Gasteiger partial charge on any atom is 0.217 e. The Kier molecular flexibility index (Phi) is 7.21. The number of aliphatic hydroxyl groups excluding tert-OH is 1. The van der Waals surface area contributed by atoms with Crippen LogP contribution >= 0.6 is 0 Å². The van der Waals surface area contributed by atoms with Crippen LogP contribution in [0, 0.1) is 17.0 Å². The number of aliphatic hydroxyl groups is 1. The summed E-state index contributed by atoms with van der Waals surface area (Å²) in [6.45, 7) is 8.21. The van der Waals surface area contributed by atoms with Crippen molar-refractivity contribution >= 4 is 5.91 Å². The smallest absolute Gasteiger partial charge is 0.217 e. The molecule has 2 aliphatic rings. The zero-order valence-corrected chi connectivity index (χ0v) is 21.0. The molecule has 35 heavy (non-hydrogen) atoms. The Morgan fingerprint density at radius 3 is 2.43 bits per heavy atom. The lowest BCUT2D eigenvalue weighted by atomic mass is 9.86. The molecule has 0 unspecified atom stereocenters. The van der Waals surface area contributed by atoms with Gasteiger partial charge < -0.3 is 20.5 Å². The highest BCUT2D eigenvalue weighted by Gasteiger charge is 2.50. The lowest BCUT2D eigenvalue weighted by molar-refractivity contribution is -0.120. The van der Waals surface area contributed by atoms with Crippen LogP contribution in [-0.2, 0) is 17.6 Å². The van der Waals surface area contributed by atoms with Gasteiger partial charge in [-0.1, -0.05) is 32.9 Å². The summed E-state index contributed by atoms with van der Waals surface area (Å²) in [4.78, 5) is 11.8. The molecule has 3 atom stereocenters. The van der Waals surface area contributed by atoms with Crippen LogP contribution in [0.1, 0.15) is 69.7 Å². The number of carbonyl (C=O) groups is 1. The van der Waals surface area contributed by atoms with Gasteiger partial charge in [0.2, 0.25) is 5.91 Å². The van der Waals surface area contributed by atoms with Gasteiger partial charge in [-0.15, -0.1) is 0 Å². The number of hydrogen-bond donors (Lipinski definition) is 3. The van der Waals surface area contributed by atoms with E-state index in [9.17, 15) is 18.7 Å². The number of carbonyl (C=O) groups excluding carboxylic acids is 1. The number of benzene rings is 2. The fourth-order valence-corrected chi connectivity index (χ4v) is 5.00. The molecule has 1 fully saturated rings. The standard InChI is InChI=1S/C28H36F2N2O3/c1-17(33)32-23(12-19-9-20(29)13-21(30)10-19)25(34)16-31-24-15-28(7-8-28)35-26-6-5-18(11-22(24)26)14-27(2,3)4/h5-6,9-11,13,23-25,31,34H,7-8,12,14-16H2,1-4H3,(H,32,33)/t23-,24-,25+/m0/s1. The minimum atomic E-state index is -0.954. The van der Waals surface area contributed by atoms with Crippen LogP contribution in [0.2, 0.25) is 0 Å². The summed E-state index contributed by atoms with van der Waals surface area (Å²) in [7, 11) is 0. The van der Waals surface area contributed by atoms with E-state index in [1.54, 1.807) is 0 Å². The van der Waals surface area contributed by atoms with E-state index in [0.29, 0.717) is 5.56 Å². The first kappa shape index (κ1) is 25.6. The van der Waals surface area contributed by atoms with Crippen LogP contribution in [0.4, 0.5) is 8.78 Å². The fourth-order valence-electron chi connectivity index (χ4n) is 5.00. The molecule has 1 saturated carbocycles. The zero-order valence-electron chi connectivity index (χ0n) is 21.0. The highest BCUT2D eigenvalue weighted by atomic mass is 19.1. The molecule has 1 amide bonds. The average molecular weight is 487 g/mol. The van der Waals surface area contributed by atoms with E-state index in [-0.39, 0.29) is 35.9 Å². The summed E-state index contributed by atoms with van der Waals surface area (Å²) in [5.41, 5.74) is 2.71. The molecule has 2 aromatic carbocycles. The molecule has 0 aromatic heterocycles. The Morgan fingerprint density at radius 1 is 1.14 bits per heavy atom. The number of rotatable bonds is 8. The first-order chi connectivity index (χ1) is 16.4. The Balaban J connectivity index is 1.49. The van der Waals surface area contributed by atoms with Crippen LogP contribution in [0.5, 0.6) is 5.75 Å². The number of fused-ring (bicyclic) bond motifs is 1. The third kappa shape index (κ3) is 6.79. The SMILES string of the molecule is CC(=O)N[C@@H](Cc1cc(F)cc(F)c1)[C@H](O)CN[C@H]1CC2(CC2)Oc2ccc(CC(C)(C)C)cc21. The molecule has 190 valence electrons. The van der Waals surface area contributed by atoms with Crippen LogP contribution in [-0.4, -0.2) is 35.3 Å². The summed E-state index contributed by atoms with van der Waals surface area (Å²) < 4.78 is 33.7. The second-order valence-electron chi connectivity index (χ2n) is 11.4. The summed E-state index contributed by atoms with van der Waals surface area (Å²) >= 11 is 0. The van der Waals surface area contributed by atoms with Crippen LogP contribution in [0.25, 0.3) is 0 Å². The van der Waals surface area contributed by atoms with E-state index in [4.69, 9.17) is 4.74 Å². The minimum Gasteiger partial charge on any atom is -0.487 e. The largest absolute Gasteiger partial charge is 0.487 e. The predicted molar refractivity (Wildman–Crippen MR) is 131 cm³/mol. The van der Waals surface area contributed by atoms with E-state index < -0.39 is 23.8 Å². The summed E-state index contributed by atoms with van der Waals surface area (Å²) in [6.07, 6.45) is 2.93. The molecule has 5 nitrogen and oxygen atoms in total. The molecule has 0 radical (unpaired) electrons. The fraction of sp³-hybridized carbons (Fsp3) is 0.536. The van der Waals surface area contributed by atoms with Gasteiger partial charge in [-0.2, -0.15) is 0 Å². The normalized spacial score (nSPS) is 20.0. The number of nitrogens with one attached hydrogen (secondary N) is 2. The Hall–Kier alpha value is -2.51. The van der Waals surface area contributed by atoms with Crippen molar-refractivity contribution in [1.82, 2.24) is 10.6 Å². The third-order valence-electron chi connectivity index (χ3n) is 6.70. The lowest BCUT2D eigenvalue weighted by Crippen LogP contribution is -2.49. The van der Waals surface area contributed by atoms with Crippen molar-refractivity contribution in [2.75, 3.05) is 6.54 Å². The number of halogens is 2. The predicted octanol–water partition coefficient (Wildman–Crippen LogP) is 4.61. The van der Waals surface area contributed by atoms with Crippen molar-refractivity contribution in [1.29, 1.82) is 0 Å². The molecule has 4 rings (SSSR count). The van der Waals surface area contributed by atoms with E-state index in [2.05, 4.69) is 49.6 Å². The molecule has 3 N–H and O–H groups in total. The van der Waals surface area contributed by atoms with Crippen molar-refractivity contribution in [3.63, 3.8) is 0 Å². The first-order valence-corrected chi connectivity index (χ1v) is 12.4. The van der Waals surface area contributed by atoms with Gasteiger partial charge in [0.15, 0.2) is 0 Å². The topological polar surface area (TPSA) is 70.6 Å². The second-order valence-corrected chi connectivity index (χ2v) is 11.4. The van der Waals surface area contributed by atoms with Gasteiger partial charge in [0, 0.05) is 37.6 Å². The lowest BCUT2D eigenvalue weighted by Gasteiger charge is -2.35. The van der Waals surface area contributed by atoms with Gasteiger partial charge in [0.1, 0.15) is 23.0 Å². The maximum absolute atomic E-state index is 13.7. The highest BCUT2D eigenvalue weighted by molar-refractivity contribution is 5.73. The number of hydrogen-bond acceptors (Lipinski definition) is 4. The Morgan fingerprint density at radius 2 is 1.83 bits per heavy atom. The molecule has 2 aromatic rings. The first-order valence-electron chi connectivity index (χ1n) is 12.4. The second kappa shape index (κ2) is 9.86. The van der Waals surface area contributed by atoms with Gasteiger partial charge in [-0.3, -0.25) is 4.79 Å². The highest BCUT2D eigenvalue weighted by Crippen LogP contribution is 2.52. The number of ether oxygens (including phenoxy) is 1. The van der Waals surface area contributed by atoms with Crippen molar-refractivity contribution in [3.8, 4) is 5.75 Å². The minimum absolute atomic E-state index is 0.000380. The maximum atomic E-state index is 13.7. The molecular weight excluding hydrogens is 450 g/mol. The molecule has 1 aliphatic heterocycles. The van der Waals surface area contributed by atoms with Gasteiger partial charge in [-0.05, 0) is 60.4 Å². The molecule has 1 heterocycles. The quantitative estimate of drug-likeness (QED) is 0.510. The summed E-state index contributed by atoms with van der Waals surface area (Å²) in [5, 5.41) is 17.2. The van der Waals surface area contributed by atoms with E-state index in [0.717, 1.165) is 43.1 Å². The zero-order chi connectivity index (χ0) is 25.4. The monoisotopic (exact) mass is 486 g/mol. The van der Waals surface area contributed by atoms with Crippen LogP contribution in [0.15, 0.2) is 36.4 Å². The molecular formula is C28H36F2N2O3. The molecule has 0 saturated heterocycles. The van der Waals surface area contributed by atoms with Crippen LogP contribution < -0.4 is 15.4 Å². The van der Waals surface area contributed by atoms with Gasteiger partial charge in [0.05, 0.1) is 12.1 Å². The summed E-state index contributed by atoms with van der Waals surface area (Å²) in [6, 6.07) is 8.94. The summed E-state index contributed by atoms with van der Waals surface area (Å²) in [5.74, 6) is -0.805. The third-order valence-corrected chi connectivity index (χ3v) is 6.70. The van der Waals surface area contributed by atoms with Crippen molar-refractivity contribution in [2.24, 2.45) is 5.41 Å². The number of amides is 1. The van der Waals surface area contributed by atoms with E-state index >= 15 is 0 Å². The van der Waals surface area contributed by atoms with Gasteiger partial charge in [-0.25, -0.2) is 8.78 Å². The molecule has 1 aliphatic carbocycles. The molecule has 1 spiro atoms.